The maximum atomic E-state index is 3.46. The molecule has 98 valence electrons. The van der Waals surface area contributed by atoms with Gasteiger partial charge in [0.05, 0.1) is 0 Å². The molecule has 4 heteroatoms. The molecule has 1 aliphatic rings. The Hall–Kier alpha value is -0.280. The summed E-state index contributed by atoms with van der Waals surface area (Å²) in [6.07, 6.45) is 0. The SMILES string of the molecule is CC1CNCC(C)N1Cc1ccccc1.Cl.Cl. The number of halogens is 2. The minimum atomic E-state index is 0. The Morgan fingerprint density at radius 2 is 1.59 bits per heavy atom. The van der Waals surface area contributed by atoms with Gasteiger partial charge in [-0.15, -0.1) is 24.8 Å². The molecule has 2 atom stereocenters. The van der Waals surface area contributed by atoms with Crippen molar-refractivity contribution >= 4 is 24.8 Å². The lowest BCUT2D eigenvalue weighted by atomic mass is 10.1. The molecule has 0 saturated carbocycles. The Kier molecular flexibility index (Phi) is 7.80. The maximum absolute atomic E-state index is 3.46. The van der Waals surface area contributed by atoms with Crippen LogP contribution < -0.4 is 5.32 Å². The summed E-state index contributed by atoms with van der Waals surface area (Å²) in [7, 11) is 0. The fraction of sp³-hybridized carbons (Fsp3) is 0.538. The van der Waals surface area contributed by atoms with Crippen LogP contribution in [0.3, 0.4) is 0 Å². The van der Waals surface area contributed by atoms with Crippen LogP contribution in [0.15, 0.2) is 30.3 Å². The van der Waals surface area contributed by atoms with Gasteiger partial charge in [0.25, 0.3) is 0 Å². The zero-order valence-electron chi connectivity index (χ0n) is 10.4. The van der Waals surface area contributed by atoms with Gasteiger partial charge in [0.15, 0.2) is 0 Å². The first-order valence-electron chi connectivity index (χ1n) is 5.78. The normalized spacial score (nSPS) is 24.6. The van der Waals surface area contributed by atoms with Crippen LogP contribution in [0.5, 0.6) is 0 Å². The van der Waals surface area contributed by atoms with Crippen LogP contribution in [0.25, 0.3) is 0 Å². The Balaban J connectivity index is 0.00000128. The molecule has 2 unspecified atom stereocenters. The topological polar surface area (TPSA) is 15.3 Å². The quantitative estimate of drug-likeness (QED) is 0.894. The smallest absolute Gasteiger partial charge is 0.0240 e. The van der Waals surface area contributed by atoms with E-state index < -0.39 is 0 Å². The zero-order valence-corrected chi connectivity index (χ0v) is 12.1. The summed E-state index contributed by atoms with van der Waals surface area (Å²) in [5.41, 5.74) is 1.41. The van der Waals surface area contributed by atoms with Crippen LogP contribution >= 0.6 is 24.8 Å². The predicted molar refractivity (Wildman–Crippen MR) is 78.3 cm³/mol. The Morgan fingerprint density at radius 1 is 1.06 bits per heavy atom. The van der Waals surface area contributed by atoms with Crippen molar-refractivity contribution in [2.75, 3.05) is 13.1 Å². The van der Waals surface area contributed by atoms with Crippen molar-refractivity contribution in [2.45, 2.75) is 32.5 Å². The number of piperazine rings is 1. The van der Waals surface area contributed by atoms with Gasteiger partial charge in [-0.1, -0.05) is 30.3 Å². The lowest BCUT2D eigenvalue weighted by molar-refractivity contribution is 0.109. The molecule has 0 amide bonds. The summed E-state index contributed by atoms with van der Waals surface area (Å²) >= 11 is 0. The first kappa shape index (κ1) is 16.7. The van der Waals surface area contributed by atoms with Crippen LogP contribution in [0.2, 0.25) is 0 Å². The molecule has 0 bridgehead atoms. The molecule has 2 rings (SSSR count). The van der Waals surface area contributed by atoms with Crippen LogP contribution in [0.1, 0.15) is 19.4 Å². The molecule has 1 aromatic carbocycles. The van der Waals surface area contributed by atoms with Crippen LogP contribution in [-0.2, 0) is 6.54 Å². The van der Waals surface area contributed by atoms with Crippen LogP contribution in [0, 0.1) is 0 Å². The molecule has 1 saturated heterocycles. The van der Waals surface area contributed by atoms with Crippen LogP contribution in [0.4, 0.5) is 0 Å². The molecule has 1 aromatic rings. The van der Waals surface area contributed by atoms with Gasteiger partial charge in [0.2, 0.25) is 0 Å². The minimum absolute atomic E-state index is 0. The zero-order chi connectivity index (χ0) is 10.7. The summed E-state index contributed by atoms with van der Waals surface area (Å²) in [5.74, 6) is 0. The molecule has 1 heterocycles. The Morgan fingerprint density at radius 3 is 2.12 bits per heavy atom. The molecule has 0 aromatic heterocycles. The molecular weight excluding hydrogens is 255 g/mol. The number of hydrogen-bond donors (Lipinski definition) is 1. The van der Waals surface area contributed by atoms with Crippen molar-refractivity contribution in [3.63, 3.8) is 0 Å². The molecule has 2 nitrogen and oxygen atoms in total. The summed E-state index contributed by atoms with van der Waals surface area (Å²) < 4.78 is 0. The van der Waals surface area contributed by atoms with Crippen molar-refractivity contribution < 1.29 is 0 Å². The fourth-order valence-corrected chi connectivity index (χ4v) is 2.28. The first-order valence-corrected chi connectivity index (χ1v) is 5.78. The standard InChI is InChI=1S/C13H20N2.2ClH/c1-11-8-14-9-12(2)15(11)10-13-6-4-3-5-7-13;;/h3-7,11-12,14H,8-10H2,1-2H3;2*1H. The summed E-state index contributed by atoms with van der Waals surface area (Å²) in [4.78, 5) is 2.58. The average molecular weight is 277 g/mol. The largest absolute Gasteiger partial charge is 0.314 e. The third-order valence-electron chi connectivity index (χ3n) is 3.22. The van der Waals surface area contributed by atoms with Gasteiger partial charge in [0, 0.05) is 31.7 Å². The second-order valence-electron chi connectivity index (χ2n) is 4.51. The summed E-state index contributed by atoms with van der Waals surface area (Å²) in [6, 6.07) is 12.0. The third kappa shape index (κ3) is 4.47. The van der Waals surface area contributed by atoms with E-state index in [4.69, 9.17) is 0 Å². The summed E-state index contributed by atoms with van der Waals surface area (Å²) in [6.45, 7) is 7.89. The van der Waals surface area contributed by atoms with E-state index in [-0.39, 0.29) is 24.8 Å². The van der Waals surface area contributed by atoms with Crippen molar-refractivity contribution in [2.24, 2.45) is 0 Å². The highest BCUT2D eigenvalue weighted by molar-refractivity contribution is 5.85. The van der Waals surface area contributed by atoms with Crippen molar-refractivity contribution in [1.29, 1.82) is 0 Å². The number of rotatable bonds is 2. The molecule has 17 heavy (non-hydrogen) atoms. The lowest BCUT2D eigenvalue weighted by Gasteiger charge is -2.39. The van der Waals surface area contributed by atoms with E-state index in [1.807, 2.05) is 0 Å². The summed E-state index contributed by atoms with van der Waals surface area (Å²) in [5, 5.41) is 3.46. The fourth-order valence-electron chi connectivity index (χ4n) is 2.28. The van der Waals surface area contributed by atoms with Gasteiger partial charge >= 0.3 is 0 Å². The molecule has 0 radical (unpaired) electrons. The Labute approximate surface area is 117 Å². The van der Waals surface area contributed by atoms with Gasteiger partial charge in [-0.05, 0) is 19.4 Å². The first-order chi connectivity index (χ1) is 7.27. The van der Waals surface area contributed by atoms with Gasteiger partial charge in [-0.2, -0.15) is 0 Å². The van der Waals surface area contributed by atoms with Crippen molar-refractivity contribution in [3.8, 4) is 0 Å². The van der Waals surface area contributed by atoms with Gasteiger partial charge in [0.1, 0.15) is 0 Å². The lowest BCUT2D eigenvalue weighted by Crippen LogP contribution is -2.54. The van der Waals surface area contributed by atoms with E-state index in [0.717, 1.165) is 19.6 Å². The second kappa shape index (κ2) is 7.93. The second-order valence-corrected chi connectivity index (χ2v) is 4.51. The molecule has 0 spiro atoms. The number of nitrogens with one attached hydrogen (secondary N) is 1. The molecule has 0 aliphatic carbocycles. The van der Waals surface area contributed by atoms with Gasteiger partial charge < -0.3 is 5.32 Å². The number of benzene rings is 1. The van der Waals surface area contributed by atoms with E-state index in [9.17, 15) is 0 Å². The monoisotopic (exact) mass is 276 g/mol. The van der Waals surface area contributed by atoms with E-state index in [2.05, 4.69) is 54.4 Å². The maximum Gasteiger partial charge on any atom is 0.0240 e. The minimum Gasteiger partial charge on any atom is -0.314 e. The highest BCUT2D eigenvalue weighted by Crippen LogP contribution is 2.14. The molecule has 1 aliphatic heterocycles. The van der Waals surface area contributed by atoms with Crippen molar-refractivity contribution in [1.82, 2.24) is 10.2 Å². The Bertz CT molecular complexity index is 296. The van der Waals surface area contributed by atoms with E-state index >= 15 is 0 Å². The predicted octanol–water partition coefficient (Wildman–Crippen LogP) is 2.71. The highest BCUT2D eigenvalue weighted by atomic mass is 35.5. The molecular formula is C13H22Cl2N2. The van der Waals surface area contributed by atoms with E-state index in [1.54, 1.807) is 0 Å². The number of hydrogen-bond acceptors (Lipinski definition) is 2. The average Bonchev–Trinajstić information content (AvgIpc) is 2.25. The van der Waals surface area contributed by atoms with Crippen molar-refractivity contribution in [3.05, 3.63) is 35.9 Å². The van der Waals surface area contributed by atoms with Gasteiger partial charge in [-0.3, -0.25) is 4.90 Å². The molecule has 1 fully saturated rings. The third-order valence-corrected chi connectivity index (χ3v) is 3.22. The van der Waals surface area contributed by atoms with E-state index in [0.29, 0.717) is 12.1 Å². The van der Waals surface area contributed by atoms with E-state index in [1.165, 1.54) is 5.56 Å². The van der Waals surface area contributed by atoms with Gasteiger partial charge in [-0.25, -0.2) is 0 Å². The molecule has 1 N–H and O–H groups in total. The number of nitrogens with zero attached hydrogens (tertiary/aromatic N) is 1. The highest BCUT2D eigenvalue weighted by Gasteiger charge is 2.23. The van der Waals surface area contributed by atoms with Crippen LogP contribution in [-0.4, -0.2) is 30.1 Å².